The molecule has 1 N–H and O–H groups in total. The first-order valence-electron chi connectivity index (χ1n) is 6.68. The van der Waals surface area contributed by atoms with Crippen molar-refractivity contribution in [3.63, 3.8) is 0 Å². The molecule has 0 aliphatic heterocycles. The number of rotatable bonds is 5. The Morgan fingerprint density at radius 3 is 2.60 bits per heavy atom. The standard InChI is InChI=1S/C16H19BrN2O/c1-19(2)9-3-8-18-16(20)14-5-4-13-11-15(17)7-6-12(13)10-14/h4-7,10-11H,3,8-9H2,1-2H3,(H,18,20). The maximum Gasteiger partial charge on any atom is 0.251 e. The molecule has 0 spiro atoms. The highest BCUT2D eigenvalue weighted by Crippen LogP contribution is 2.20. The van der Waals surface area contributed by atoms with Crippen LogP contribution in [-0.4, -0.2) is 38.0 Å². The molecular formula is C16H19BrN2O. The van der Waals surface area contributed by atoms with E-state index in [4.69, 9.17) is 0 Å². The quantitative estimate of drug-likeness (QED) is 0.851. The van der Waals surface area contributed by atoms with E-state index in [1.54, 1.807) is 0 Å². The number of fused-ring (bicyclic) bond motifs is 1. The van der Waals surface area contributed by atoms with Crippen molar-refractivity contribution in [2.75, 3.05) is 27.2 Å². The molecule has 2 aromatic rings. The summed E-state index contributed by atoms with van der Waals surface area (Å²) >= 11 is 3.45. The fourth-order valence-electron chi connectivity index (χ4n) is 2.06. The minimum Gasteiger partial charge on any atom is -0.352 e. The number of nitrogens with zero attached hydrogens (tertiary/aromatic N) is 1. The van der Waals surface area contributed by atoms with Crippen molar-refractivity contribution in [2.45, 2.75) is 6.42 Å². The van der Waals surface area contributed by atoms with E-state index >= 15 is 0 Å². The normalized spacial score (nSPS) is 11.0. The van der Waals surface area contributed by atoms with Gasteiger partial charge in [-0.1, -0.05) is 28.1 Å². The monoisotopic (exact) mass is 334 g/mol. The van der Waals surface area contributed by atoms with E-state index < -0.39 is 0 Å². The van der Waals surface area contributed by atoms with Gasteiger partial charge >= 0.3 is 0 Å². The lowest BCUT2D eigenvalue weighted by molar-refractivity contribution is 0.0952. The van der Waals surface area contributed by atoms with Gasteiger partial charge in [-0.05, 0) is 62.1 Å². The second-order valence-electron chi connectivity index (χ2n) is 5.12. The largest absolute Gasteiger partial charge is 0.352 e. The Bertz CT molecular complexity index is 610. The molecule has 3 nitrogen and oxygen atoms in total. The van der Waals surface area contributed by atoms with E-state index in [9.17, 15) is 4.79 Å². The van der Waals surface area contributed by atoms with Crippen LogP contribution in [0.5, 0.6) is 0 Å². The van der Waals surface area contributed by atoms with Crippen LogP contribution in [0, 0.1) is 0 Å². The first-order valence-corrected chi connectivity index (χ1v) is 7.48. The first-order chi connectivity index (χ1) is 9.56. The molecule has 106 valence electrons. The van der Waals surface area contributed by atoms with Crippen LogP contribution in [-0.2, 0) is 0 Å². The molecule has 0 atom stereocenters. The molecule has 0 heterocycles. The second kappa shape index (κ2) is 6.86. The van der Waals surface area contributed by atoms with Crippen LogP contribution >= 0.6 is 15.9 Å². The highest BCUT2D eigenvalue weighted by Gasteiger charge is 2.06. The number of hydrogen-bond donors (Lipinski definition) is 1. The van der Waals surface area contributed by atoms with Crippen molar-refractivity contribution in [2.24, 2.45) is 0 Å². The predicted molar refractivity (Wildman–Crippen MR) is 87.2 cm³/mol. The summed E-state index contributed by atoms with van der Waals surface area (Å²) in [6, 6.07) is 11.8. The third-order valence-electron chi connectivity index (χ3n) is 3.13. The Balaban J connectivity index is 2.01. The lowest BCUT2D eigenvalue weighted by atomic mass is 10.1. The van der Waals surface area contributed by atoms with Crippen LogP contribution in [0.3, 0.4) is 0 Å². The molecule has 1 amide bonds. The molecule has 4 heteroatoms. The first kappa shape index (κ1) is 15.0. The van der Waals surface area contributed by atoms with Gasteiger partial charge in [0.1, 0.15) is 0 Å². The number of halogens is 1. The van der Waals surface area contributed by atoms with Gasteiger partial charge in [0.2, 0.25) is 0 Å². The summed E-state index contributed by atoms with van der Waals surface area (Å²) in [4.78, 5) is 14.2. The van der Waals surface area contributed by atoms with Crippen LogP contribution in [0.1, 0.15) is 16.8 Å². The summed E-state index contributed by atoms with van der Waals surface area (Å²) in [5.41, 5.74) is 0.713. The minimum atomic E-state index is -0.00595. The maximum atomic E-state index is 12.1. The van der Waals surface area contributed by atoms with E-state index in [1.807, 2.05) is 50.5 Å². The van der Waals surface area contributed by atoms with Gasteiger partial charge in [-0.25, -0.2) is 0 Å². The van der Waals surface area contributed by atoms with Gasteiger partial charge in [0.05, 0.1) is 0 Å². The molecule has 0 unspecified atom stereocenters. The van der Waals surface area contributed by atoms with Crippen LogP contribution < -0.4 is 5.32 Å². The van der Waals surface area contributed by atoms with Crippen LogP contribution in [0.25, 0.3) is 10.8 Å². The molecule has 0 bridgehead atoms. The average Bonchev–Trinajstić information content (AvgIpc) is 2.42. The maximum absolute atomic E-state index is 12.1. The summed E-state index contributed by atoms with van der Waals surface area (Å²) in [7, 11) is 4.06. The minimum absolute atomic E-state index is 0.00595. The van der Waals surface area contributed by atoms with Crippen molar-refractivity contribution >= 4 is 32.6 Å². The summed E-state index contributed by atoms with van der Waals surface area (Å²) < 4.78 is 1.05. The van der Waals surface area contributed by atoms with Crippen LogP contribution in [0.4, 0.5) is 0 Å². The summed E-state index contributed by atoms with van der Waals surface area (Å²) in [6.07, 6.45) is 0.958. The Kier molecular flexibility index (Phi) is 5.15. The average molecular weight is 335 g/mol. The van der Waals surface area contributed by atoms with Gasteiger partial charge in [0, 0.05) is 16.6 Å². The van der Waals surface area contributed by atoms with E-state index in [-0.39, 0.29) is 5.91 Å². The fraction of sp³-hybridized carbons (Fsp3) is 0.312. The Labute approximate surface area is 128 Å². The molecule has 0 aliphatic rings. The summed E-state index contributed by atoms with van der Waals surface area (Å²) in [6.45, 7) is 1.68. The highest BCUT2D eigenvalue weighted by atomic mass is 79.9. The summed E-state index contributed by atoms with van der Waals surface area (Å²) in [5.74, 6) is -0.00595. The number of nitrogens with one attached hydrogen (secondary N) is 1. The molecule has 0 fully saturated rings. The van der Waals surface area contributed by atoms with Crippen molar-refractivity contribution in [1.82, 2.24) is 10.2 Å². The number of carbonyl (C=O) groups excluding carboxylic acids is 1. The number of hydrogen-bond acceptors (Lipinski definition) is 2. The molecule has 2 aromatic carbocycles. The van der Waals surface area contributed by atoms with Gasteiger partial charge in [0.15, 0.2) is 0 Å². The third-order valence-corrected chi connectivity index (χ3v) is 3.63. The molecule has 0 aliphatic carbocycles. The third kappa shape index (κ3) is 4.05. The molecule has 0 radical (unpaired) electrons. The van der Waals surface area contributed by atoms with Gasteiger partial charge in [-0.3, -0.25) is 4.79 Å². The zero-order valence-corrected chi connectivity index (χ0v) is 13.4. The number of amides is 1. The van der Waals surface area contributed by atoms with E-state index in [0.29, 0.717) is 12.1 Å². The van der Waals surface area contributed by atoms with E-state index in [0.717, 1.165) is 28.2 Å². The molecule has 2 rings (SSSR count). The van der Waals surface area contributed by atoms with Gasteiger partial charge < -0.3 is 10.2 Å². The lowest BCUT2D eigenvalue weighted by Gasteiger charge is -2.10. The van der Waals surface area contributed by atoms with Crippen molar-refractivity contribution in [1.29, 1.82) is 0 Å². The zero-order valence-electron chi connectivity index (χ0n) is 11.8. The molecule has 0 saturated heterocycles. The highest BCUT2D eigenvalue weighted by molar-refractivity contribution is 9.10. The van der Waals surface area contributed by atoms with Gasteiger partial charge in [0.25, 0.3) is 5.91 Å². The molecule has 0 saturated carbocycles. The number of benzene rings is 2. The smallest absolute Gasteiger partial charge is 0.251 e. The molecule has 20 heavy (non-hydrogen) atoms. The van der Waals surface area contributed by atoms with Crippen LogP contribution in [0.2, 0.25) is 0 Å². The Morgan fingerprint density at radius 1 is 1.15 bits per heavy atom. The summed E-state index contributed by atoms with van der Waals surface area (Å²) in [5, 5.41) is 5.16. The SMILES string of the molecule is CN(C)CCCNC(=O)c1ccc2cc(Br)ccc2c1. The topological polar surface area (TPSA) is 32.3 Å². The zero-order chi connectivity index (χ0) is 14.5. The van der Waals surface area contributed by atoms with E-state index in [2.05, 4.69) is 26.1 Å². The van der Waals surface area contributed by atoms with Gasteiger partial charge in [-0.2, -0.15) is 0 Å². The Hall–Kier alpha value is -1.39. The van der Waals surface area contributed by atoms with E-state index in [1.165, 1.54) is 0 Å². The second-order valence-corrected chi connectivity index (χ2v) is 6.03. The molecular weight excluding hydrogens is 316 g/mol. The lowest BCUT2D eigenvalue weighted by Crippen LogP contribution is -2.27. The van der Waals surface area contributed by atoms with Gasteiger partial charge in [-0.15, -0.1) is 0 Å². The fourth-order valence-corrected chi connectivity index (χ4v) is 2.44. The number of carbonyl (C=O) groups is 1. The van der Waals surface area contributed by atoms with Crippen molar-refractivity contribution in [3.8, 4) is 0 Å². The molecule has 0 aromatic heterocycles. The van der Waals surface area contributed by atoms with Crippen LogP contribution in [0.15, 0.2) is 40.9 Å². The Morgan fingerprint density at radius 2 is 1.85 bits per heavy atom. The van der Waals surface area contributed by atoms with Crippen molar-refractivity contribution < 1.29 is 4.79 Å². The van der Waals surface area contributed by atoms with Crippen molar-refractivity contribution in [3.05, 3.63) is 46.4 Å². The predicted octanol–water partition coefficient (Wildman–Crippen LogP) is 3.28.